The molecule has 1 N–H and O–H groups in total. The third kappa shape index (κ3) is 7.68. The Morgan fingerprint density at radius 2 is 1.96 bits per heavy atom. The zero-order valence-corrected chi connectivity index (χ0v) is 15.0. The highest BCUT2D eigenvalue weighted by Gasteiger charge is 2.27. The Bertz CT molecular complexity index is 353. The average Bonchev–Trinajstić information content (AvgIpc) is 2.57. The van der Waals surface area contributed by atoms with Gasteiger partial charge in [0, 0.05) is 26.2 Å². The molecule has 0 amide bonds. The Labute approximate surface area is 140 Å². The van der Waals surface area contributed by atoms with Gasteiger partial charge in [0.05, 0.1) is 25.7 Å². The standard InChI is InChI=1S/C17H33N3O3/c1-4-7-13-22-14-10-19-17(18-5-2)20-11-8-15(9-12-20)16(21)23-6-3/h15H,4-14H2,1-3H3,(H,18,19). The fraction of sp³-hybridized carbons (Fsp3) is 0.882. The lowest BCUT2D eigenvalue weighted by molar-refractivity contribution is -0.149. The lowest BCUT2D eigenvalue weighted by atomic mass is 9.97. The van der Waals surface area contributed by atoms with E-state index in [4.69, 9.17) is 9.47 Å². The molecule has 0 spiro atoms. The molecule has 134 valence electrons. The van der Waals surface area contributed by atoms with Crippen LogP contribution in [-0.4, -0.2) is 62.8 Å². The van der Waals surface area contributed by atoms with Crippen molar-refractivity contribution in [3.63, 3.8) is 0 Å². The molecule has 0 atom stereocenters. The number of hydrogen-bond donors (Lipinski definition) is 1. The molecule has 0 aromatic heterocycles. The molecule has 23 heavy (non-hydrogen) atoms. The number of likely N-dealkylation sites (tertiary alicyclic amines) is 1. The van der Waals surface area contributed by atoms with E-state index in [0.29, 0.717) is 19.8 Å². The average molecular weight is 327 g/mol. The van der Waals surface area contributed by atoms with E-state index in [1.54, 1.807) is 0 Å². The molecule has 1 fully saturated rings. The Balaban J connectivity index is 2.38. The second-order valence-corrected chi connectivity index (χ2v) is 5.71. The number of carbonyl (C=O) groups is 1. The van der Waals surface area contributed by atoms with Gasteiger partial charge in [0.15, 0.2) is 5.96 Å². The van der Waals surface area contributed by atoms with Gasteiger partial charge in [0.2, 0.25) is 0 Å². The van der Waals surface area contributed by atoms with E-state index in [-0.39, 0.29) is 11.9 Å². The van der Waals surface area contributed by atoms with Crippen molar-refractivity contribution in [2.24, 2.45) is 10.9 Å². The maximum atomic E-state index is 11.8. The minimum atomic E-state index is -0.0570. The first-order chi connectivity index (χ1) is 11.2. The number of unbranched alkanes of at least 4 members (excludes halogenated alkanes) is 1. The summed E-state index contributed by atoms with van der Waals surface area (Å²) in [6, 6.07) is 0. The van der Waals surface area contributed by atoms with Crippen molar-refractivity contribution in [2.45, 2.75) is 46.5 Å². The number of esters is 1. The third-order valence-corrected chi connectivity index (χ3v) is 3.89. The van der Waals surface area contributed by atoms with Crippen molar-refractivity contribution in [3.8, 4) is 0 Å². The molecule has 1 heterocycles. The van der Waals surface area contributed by atoms with Crippen LogP contribution < -0.4 is 5.32 Å². The van der Waals surface area contributed by atoms with Gasteiger partial charge in [-0.3, -0.25) is 9.79 Å². The molecule has 0 unspecified atom stereocenters. The molecule has 1 aliphatic heterocycles. The maximum absolute atomic E-state index is 11.8. The van der Waals surface area contributed by atoms with Gasteiger partial charge >= 0.3 is 5.97 Å². The first-order valence-electron chi connectivity index (χ1n) is 9.00. The minimum absolute atomic E-state index is 0.0338. The number of piperidine rings is 1. The van der Waals surface area contributed by atoms with E-state index in [0.717, 1.165) is 57.9 Å². The van der Waals surface area contributed by atoms with Crippen LogP contribution in [0.1, 0.15) is 46.5 Å². The predicted octanol–water partition coefficient (Wildman–Crippen LogP) is 2.04. The number of guanidine groups is 1. The monoisotopic (exact) mass is 327 g/mol. The Kier molecular flexibility index (Phi) is 10.4. The molecule has 1 rings (SSSR count). The van der Waals surface area contributed by atoms with Crippen LogP contribution in [0.25, 0.3) is 0 Å². The van der Waals surface area contributed by atoms with Crippen molar-refractivity contribution in [1.29, 1.82) is 0 Å². The molecule has 0 aromatic carbocycles. The fourth-order valence-electron chi connectivity index (χ4n) is 2.58. The van der Waals surface area contributed by atoms with Crippen LogP contribution in [0.5, 0.6) is 0 Å². The van der Waals surface area contributed by atoms with E-state index in [9.17, 15) is 4.79 Å². The highest BCUT2D eigenvalue weighted by atomic mass is 16.5. The fourth-order valence-corrected chi connectivity index (χ4v) is 2.58. The van der Waals surface area contributed by atoms with Gasteiger partial charge in [-0.15, -0.1) is 0 Å². The minimum Gasteiger partial charge on any atom is -0.466 e. The first-order valence-corrected chi connectivity index (χ1v) is 9.00. The summed E-state index contributed by atoms with van der Waals surface area (Å²) in [5.41, 5.74) is 0. The first kappa shape index (κ1) is 19.7. The van der Waals surface area contributed by atoms with Crippen molar-refractivity contribution in [2.75, 3.05) is 46.0 Å². The number of rotatable bonds is 9. The van der Waals surface area contributed by atoms with Gasteiger partial charge in [-0.05, 0) is 33.1 Å². The van der Waals surface area contributed by atoms with Crippen molar-refractivity contribution < 1.29 is 14.3 Å². The van der Waals surface area contributed by atoms with E-state index in [1.807, 2.05) is 6.92 Å². The van der Waals surface area contributed by atoms with Gasteiger partial charge < -0.3 is 19.7 Å². The van der Waals surface area contributed by atoms with Crippen molar-refractivity contribution >= 4 is 11.9 Å². The summed E-state index contributed by atoms with van der Waals surface area (Å²) in [5, 5.41) is 3.33. The van der Waals surface area contributed by atoms with Crippen LogP contribution >= 0.6 is 0 Å². The SMILES string of the molecule is CCCCOCCN=C(NCC)N1CCC(C(=O)OCC)CC1. The summed E-state index contributed by atoms with van der Waals surface area (Å²) in [7, 11) is 0. The van der Waals surface area contributed by atoms with Gasteiger partial charge in [0.25, 0.3) is 0 Å². The summed E-state index contributed by atoms with van der Waals surface area (Å²) in [6.45, 7) is 11.2. The zero-order chi connectivity index (χ0) is 16.9. The lowest BCUT2D eigenvalue weighted by Gasteiger charge is -2.33. The molecule has 6 heteroatoms. The molecule has 0 aliphatic carbocycles. The molecular formula is C17H33N3O3. The van der Waals surface area contributed by atoms with Gasteiger partial charge in [-0.2, -0.15) is 0 Å². The van der Waals surface area contributed by atoms with Crippen LogP contribution in [0, 0.1) is 5.92 Å². The maximum Gasteiger partial charge on any atom is 0.309 e. The molecule has 1 saturated heterocycles. The predicted molar refractivity (Wildman–Crippen MR) is 92.6 cm³/mol. The summed E-state index contributed by atoms with van der Waals surface area (Å²) in [4.78, 5) is 18.7. The quantitative estimate of drug-likeness (QED) is 0.304. The topological polar surface area (TPSA) is 63.2 Å². The number of nitrogens with one attached hydrogen (secondary N) is 1. The molecule has 0 radical (unpaired) electrons. The summed E-state index contributed by atoms with van der Waals surface area (Å²) in [6.07, 6.45) is 3.92. The molecular weight excluding hydrogens is 294 g/mol. The molecule has 0 aromatic rings. The number of carbonyl (C=O) groups excluding carboxylic acids is 1. The van der Waals surface area contributed by atoms with E-state index in [1.165, 1.54) is 0 Å². The van der Waals surface area contributed by atoms with Crippen molar-refractivity contribution in [1.82, 2.24) is 10.2 Å². The van der Waals surface area contributed by atoms with E-state index >= 15 is 0 Å². The molecule has 0 saturated carbocycles. The molecule has 0 bridgehead atoms. The second kappa shape index (κ2) is 12.2. The smallest absolute Gasteiger partial charge is 0.309 e. The summed E-state index contributed by atoms with van der Waals surface area (Å²) in [5.74, 6) is 0.902. The lowest BCUT2D eigenvalue weighted by Crippen LogP contribution is -2.46. The Morgan fingerprint density at radius 1 is 1.22 bits per heavy atom. The van der Waals surface area contributed by atoms with E-state index in [2.05, 4.69) is 29.1 Å². The number of nitrogens with zero attached hydrogens (tertiary/aromatic N) is 2. The summed E-state index contributed by atoms with van der Waals surface area (Å²) < 4.78 is 10.7. The van der Waals surface area contributed by atoms with Crippen LogP contribution in [-0.2, 0) is 14.3 Å². The van der Waals surface area contributed by atoms with Crippen LogP contribution in [0.15, 0.2) is 4.99 Å². The largest absolute Gasteiger partial charge is 0.466 e. The molecule has 6 nitrogen and oxygen atoms in total. The zero-order valence-electron chi connectivity index (χ0n) is 15.0. The molecule has 1 aliphatic rings. The van der Waals surface area contributed by atoms with Crippen LogP contribution in [0.4, 0.5) is 0 Å². The summed E-state index contributed by atoms with van der Waals surface area (Å²) >= 11 is 0. The number of hydrogen-bond acceptors (Lipinski definition) is 4. The Morgan fingerprint density at radius 3 is 2.57 bits per heavy atom. The Hall–Kier alpha value is -1.30. The van der Waals surface area contributed by atoms with Gasteiger partial charge in [-0.1, -0.05) is 13.3 Å². The van der Waals surface area contributed by atoms with Crippen molar-refractivity contribution in [3.05, 3.63) is 0 Å². The van der Waals surface area contributed by atoms with Crippen LogP contribution in [0.3, 0.4) is 0 Å². The highest BCUT2D eigenvalue weighted by molar-refractivity contribution is 5.80. The third-order valence-electron chi connectivity index (χ3n) is 3.89. The second-order valence-electron chi connectivity index (χ2n) is 5.71. The number of ether oxygens (including phenoxy) is 2. The normalized spacial score (nSPS) is 16.5. The van der Waals surface area contributed by atoms with E-state index < -0.39 is 0 Å². The van der Waals surface area contributed by atoms with Crippen LogP contribution in [0.2, 0.25) is 0 Å². The van der Waals surface area contributed by atoms with Gasteiger partial charge in [-0.25, -0.2) is 0 Å². The van der Waals surface area contributed by atoms with Gasteiger partial charge in [0.1, 0.15) is 0 Å². The number of aliphatic imine (C=N–C) groups is 1. The highest BCUT2D eigenvalue weighted by Crippen LogP contribution is 2.18.